The van der Waals surface area contributed by atoms with Crippen LogP contribution in [0, 0.1) is 24.2 Å². The summed E-state index contributed by atoms with van der Waals surface area (Å²) < 4.78 is 1.98. The van der Waals surface area contributed by atoms with Crippen LogP contribution in [0.2, 0.25) is 0 Å². The van der Waals surface area contributed by atoms with Gasteiger partial charge in [0.2, 0.25) is 0 Å². The molecule has 1 N–H and O–H groups in total. The van der Waals surface area contributed by atoms with E-state index in [9.17, 15) is 0 Å². The molecular weight excluding hydrogens is 246 g/mol. The molecule has 1 saturated carbocycles. The minimum Gasteiger partial charge on any atom is -0.340 e. The molecule has 0 amide bonds. The van der Waals surface area contributed by atoms with Gasteiger partial charge >= 0.3 is 0 Å². The van der Waals surface area contributed by atoms with Gasteiger partial charge < -0.3 is 9.88 Å². The molecule has 3 nitrogen and oxygen atoms in total. The summed E-state index contributed by atoms with van der Waals surface area (Å²) >= 11 is 0. The summed E-state index contributed by atoms with van der Waals surface area (Å²) in [6, 6.07) is 4.93. The fourth-order valence-corrected chi connectivity index (χ4v) is 3.37. The average molecular weight is 273 g/mol. The van der Waals surface area contributed by atoms with E-state index in [1.807, 2.05) is 17.7 Å². The molecule has 1 aromatic rings. The summed E-state index contributed by atoms with van der Waals surface area (Å²) in [7, 11) is 1.97. The summed E-state index contributed by atoms with van der Waals surface area (Å²) in [5.74, 6) is 0.960. The molecule has 20 heavy (non-hydrogen) atoms. The van der Waals surface area contributed by atoms with E-state index in [1.54, 1.807) is 0 Å². The first-order valence-corrected chi connectivity index (χ1v) is 7.94. The first-order valence-electron chi connectivity index (χ1n) is 7.94. The second-order valence-corrected chi connectivity index (χ2v) is 6.20. The van der Waals surface area contributed by atoms with Crippen molar-refractivity contribution < 1.29 is 0 Å². The van der Waals surface area contributed by atoms with Crippen LogP contribution in [-0.4, -0.2) is 10.6 Å². The maximum absolute atomic E-state index is 9.06. The molecule has 1 fully saturated rings. The van der Waals surface area contributed by atoms with Gasteiger partial charge in [-0.15, -0.1) is 0 Å². The minimum atomic E-state index is 0.660. The van der Waals surface area contributed by atoms with Crippen LogP contribution >= 0.6 is 0 Å². The number of hydrogen-bond acceptors (Lipinski definition) is 2. The van der Waals surface area contributed by atoms with Crippen molar-refractivity contribution in [3.05, 3.63) is 23.0 Å². The second-order valence-electron chi connectivity index (χ2n) is 6.20. The third-order valence-electron chi connectivity index (χ3n) is 4.88. The fourth-order valence-electron chi connectivity index (χ4n) is 3.37. The van der Waals surface area contributed by atoms with E-state index < -0.39 is 0 Å². The van der Waals surface area contributed by atoms with Crippen molar-refractivity contribution in [2.45, 2.75) is 65.0 Å². The average Bonchev–Trinajstić information content (AvgIpc) is 2.74. The van der Waals surface area contributed by atoms with Crippen molar-refractivity contribution in [2.75, 3.05) is 0 Å². The van der Waals surface area contributed by atoms with Gasteiger partial charge in [0.05, 0.1) is 0 Å². The van der Waals surface area contributed by atoms with Gasteiger partial charge in [-0.25, -0.2) is 0 Å². The van der Waals surface area contributed by atoms with Crippen molar-refractivity contribution in [1.29, 1.82) is 5.26 Å². The highest BCUT2D eigenvalue weighted by atomic mass is 15.0. The lowest BCUT2D eigenvalue weighted by Gasteiger charge is -2.29. The Kier molecular flexibility index (Phi) is 5.25. The van der Waals surface area contributed by atoms with Crippen LogP contribution in [0.4, 0.5) is 0 Å². The van der Waals surface area contributed by atoms with Crippen molar-refractivity contribution in [3.63, 3.8) is 0 Å². The molecule has 1 aliphatic carbocycles. The normalized spacial score (nSPS) is 22.7. The molecule has 1 aliphatic rings. The Morgan fingerprint density at radius 2 is 2.05 bits per heavy atom. The maximum Gasteiger partial charge on any atom is 0.120 e. The van der Waals surface area contributed by atoms with Crippen molar-refractivity contribution in [2.24, 2.45) is 13.0 Å². The van der Waals surface area contributed by atoms with Crippen LogP contribution in [0.25, 0.3) is 0 Å². The van der Waals surface area contributed by atoms with Gasteiger partial charge in [0.15, 0.2) is 0 Å². The lowest BCUT2D eigenvalue weighted by atomic mass is 9.83. The second kappa shape index (κ2) is 6.95. The summed E-state index contributed by atoms with van der Waals surface area (Å²) in [6.45, 7) is 5.27. The first-order chi connectivity index (χ1) is 9.65. The zero-order chi connectivity index (χ0) is 14.5. The number of rotatable bonds is 5. The molecule has 3 heteroatoms. The molecule has 0 unspecified atom stereocenters. The smallest absolute Gasteiger partial charge is 0.120 e. The van der Waals surface area contributed by atoms with Gasteiger partial charge in [0, 0.05) is 25.3 Å². The van der Waals surface area contributed by atoms with Crippen LogP contribution in [0.15, 0.2) is 6.07 Å². The van der Waals surface area contributed by atoms with E-state index >= 15 is 0 Å². The van der Waals surface area contributed by atoms with Crippen LogP contribution in [0.1, 0.15) is 62.4 Å². The molecule has 0 aromatic carbocycles. The predicted molar refractivity (Wildman–Crippen MR) is 82.4 cm³/mol. The highest BCUT2D eigenvalue weighted by molar-refractivity contribution is 5.34. The van der Waals surface area contributed by atoms with Gasteiger partial charge in [0.25, 0.3) is 0 Å². The minimum absolute atomic E-state index is 0.660. The summed E-state index contributed by atoms with van der Waals surface area (Å²) in [6.07, 6.45) is 8.09. The number of nitrogens with one attached hydrogen (secondary N) is 1. The summed E-state index contributed by atoms with van der Waals surface area (Å²) in [5.41, 5.74) is 3.22. The molecule has 0 aliphatic heterocycles. The lowest BCUT2D eigenvalue weighted by molar-refractivity contribution is 0.277. The molecule has 0 bridgehead atoms. The third kappa shape index (κ3) is 3.43. The fraction of sp³-hybridized carbons (Fsp3) is 0.706. The Hall–Kier alpha value is -1.27. The molecule has 0 radical (unpaired) electrons. The molecule has 110 valence electrons. The van der Waals surface area contributed by atoms with Crippen LogP contribution in [0.5, 0.6) is 0 Å². The van der Waals surface area contributed by atoms with Gasteiger partial charge in [-0.05, 0) is 50.2 Å². The topological polar surface area (TPSA) is 40.8 Å². The highest BCUT2D eigenvalue weighted by Gasteiger charge is 2.20. The van der Waals surface area contributed by atoms with Crippen LogP contribution in [0.3, 0.4) is 0 Å². The van der Waals surface area contributed by atoms with Gasteiger partial charge in [-0.2, -0.15) is 5.26 Å². The Balaban J connectivity index is 1.83. The third-order valence-corrected chi connectivity index (χ3v) is 4.88. The molecule has 2 rings (SSSR count). The Morgan fingerprint density at radius 3 is 2.60 bits per heavy atom. The monoisotopic (exact) mass is 273 g/mol. The lowest BCUT2D eigenvalue weighted by Crippen LogP contribution is -2.32. The molecule has 1 aromatic heterocycles. The SMILES string of the molecule is CCCC1CCC(NCc2cc(C#N)n(C)c2C)CC1. The highest BCUT2D eigenvalue weighted by Crippen LogP contribution is 2.28. The summed E-state index contributed by atoms with van der Waals surface area (Å²) in [4.78, 5) is 0. The zero-order valence-electron chi connectivity index (χ0n) is 13.1. The van der Waals surface area contributed by atoms with Crippen molar-refractivity contribution in [1.82, 2.24) is 9.88 Å². The van der Waals surface area contributed by atoms with Gasteiger partial charge in [-0.1, -0.05) is 19.8 Å². The van der Waals surface area contributed by atoms with E-state index in [4.69, 9.17) is 5.26 Å². The summed E-state index contributed by atoms with van der Waals surface area (Å²) in [5, 5.41) is 12.7. The Morgan fingerprint density at radius 1 is 1.35 bits per heavy atom. The van der Waals surface area contributed by atoms with Gasteiger partial charge in [-0.3, -0.25) is 0 Å². The van der Waals surface area contributed by atoms with Crippen LogP contribution in [-0.2, 0) is 13.6 Å². The van der Waals surface area contributed by atoms with Crippen molar-refractivity contribution >= 4 is 0 Å². The van der Waals surface area contributed by atoms with Crippen molar-refractivity contribution in [3.8, 4) is 6.07 Å². The van der Waals surface area contributed by atoms with Crippen LogP contribution < -0.4 is 5.32 Å². The number of hydrogen-bond donors (Lipinski definition) is 1. The number of nitrogens with zero attached hydrogens (tertiary/aromatic N) is 2. The predicted octanol–water partition coefficient (Wildman–Crippen LogP) is 3.65. The molecule has 0 saturated heterocycles. The largest absolute Gasteiger partial charge is 0.340 e. The first kappa shape index (κ1) is 15.1. The van der Waals surface area contributed by atoms with E-state index in [1.165, 1.54) is 49.8 Å². The standard InChI is InChI=1S/C17H27N3/c1-4-5-14-6-8-16(9-7-14)19-12-15-10-17(11-18)20(3)13(15)2/h10,14,16,19H,4-9,12H2,1-3H3. The van der Waals surface area contributed by atoms with E-state index in [2.05, 4.69) is 25.2 Å². The molecule has 0 atom stereocenters. The van der Waals surface area contributed by atoms with E-state index in [0.29, 0.717) is 6.04 Å². The molecular formula is C17H27N3. The molecule has 1 heterocycles. The molecule has 0 spiro atoms. The Bertz CT molecular complexity index is 473. The van der Waals surface area contributed by atoms with E-state index in [0.717, 1.165) is 18.2 Å². The number of aromatic nitrogens is 1. The Labute approximate surface area is 123 Å². The van der Waals surface area contributed by atoms with E-state index in [-0.39, 0.29) is 0 Å². The van der Waals surface area contributed by atoms with Gasteiger partial charge in [0.1, 0.15) is 11.8 Å². The maximum atomic E-state index is 9.06. The quantitative estimate of drug-likeness (QED) is 0.889. The number of nitriles is 1. The zero-order valence-corrected chi connectivity index (χ0v) is 13.1.